The summed E-state index contributed by atoms with van der Waals surface area (Å²) in [6, 6.07) is 8.17. The van der Waals surface area contributed by atoms with Gasteiger partial charge in [0, 0.05) is 5.39 Å². The number of nitrogens with zero attached hydrogens (tertiary/aromatic N) is 3. The van der Waals surface area contributed by atoms with E-state index in [1.165, 1.54) is 17.9 Å². The van der Waals surface area contributed by atoms with E-state index >= 15 is 0 Å². The molecule has 1 atom stereocenters. The second-order valence-corrected chi connectivity index (χ2v) is 4.54. The number of fused-ring (bicyclic) bond motifs is 1. The van der Waals surface area contributed by atoms with Crippen molar-refractivity contribution in [1.82, 2.24) is 19.6 Å². The van der Waals surface area contributed by atoms with Gasteiger partial charge in [0.05, 0.1) is 11.6 Å². The van der Waals surface area contributed by atoms with E-state index in [1.807, 2.05) is 25.1 Å². The van der Waals surface area contributed by atoms with E-state index in [-0.39, 0.29) is 6.04 Å². The second kappa shape index (κ2) is 4.14. The molecule has 0 saturated carbocycles. The SMILES string of the molecule is CC(Nc1snc2ccccc12)c1ncn[nH]1. The van der Waals surface area contributed by atoms with Crippen LogP contribution in [0.5, 0.6) is 0 Å². The molecular weight excluding hydrogens is 234 g/mol. The maximum absolute atomic E-state index is 4.39. The summed E-state index contributed by atoms with van der Waals surface area (Å²) in [5.41, 5.74) is 1.02. The third-order valence-electron chi connectivity index (χ3n) is 2.58. The van der Waals surface area contributed by atoms with Gasteiger partial charge in [0.2, 0.25) is 0 Å². The highest BCUT2D eigenvalue weighted by molar-refractivity contribution is 7.11. The lowest BCUT2D eigenvalue weighted by atomic mass is 10.2. The molecular formula is C11H11N5S. The first-order valence-corrected chi connectivity index (χ1v) is 6.08. The zero-order valence-corrected chi connectivity index (χ0v) is 10.0. The van der Waals surface area contributed by atoms with Crippen molar-refractivity contribution < 1.29 is 0 Å². The van der Waals surface area contributed by atoms with Gasteiger partial charge in [0.1, 0.15) is 17.2 Å². The average Bonchev–Trinajstić information content (AvgIpc) is 2.98. The van der Waals surface area contributed by atoms with Gasteiger partial charge >= 0.3 is 0 Å². The Labute approximate surface area is 102 Å². The quantitative estimate of drug-likeness (QED) is 0.744. The Bertz CT molecular complexity index is 616. The predicted octanol–water partition coefficient (Wildman–Crippen LogP) is 2.59. The predicted molar refractivity (Wildman–Crippen MR) is 68.0 cm³/mol. The third-order valence-corrected chi connectivity index (χ3v) is 3.38. The van der Waals surface area contributed by atoms with Gasteiger partial charge in [-0.3, -0.25) is 5.10 Å². The molecule has 6 heteroatoms. The average molecular weight is 245 g/mol. The number of benzene rings is 1. The summed E-state index contributed by atoms with van der Waals surface area (Å²) in [5, 5.41) is 12.3. The summed E-state index contributed by atoms with van der Waals surface area (Å²) in [5.74, 6) is 0.822. The fraction of sp³-hybridized carbons (Fsp3) is 0.182. The van der Waals surface area contributed by atoms with Crippen molar-refractivity contribution >= 4 is 27.4 Å². The summed E-state index contributed by atoms with van der Waals surface area (Å²) in [6.45, 7) is 2.04. The maximum Gasteiger partial charge on any atom is 0.146 e. The van der Waals surface area contributed by atoms with Crippen LogP contribution in [0.15, 0.2) is 30.6 Å². The van der Waals surface area contributed by atoms with Crippen molar-refractivity contribution in [3.8, 4) is 0 Å². The van der Waals surface area contributed by atoms with Gasteiger partial charge in [-0.25, -0.2) is 4.98 Å². The number of aromatic nitrogens is 4. The van der Waals surface area contributed by atoms with E-state index in [1.54, 1.807) is 0 Å². The van der Waals surface area contributed by atoms with Crippen LogP contribution in [0.1, 0.15) is 18.8 Å². The second-order valence-electron chi connectivity index (χ2n) is 3.77. The van der Waals surface area contributed by atoms with E-state index in [9.17, 15) is 0 Å². The normalized spacial score (nSPS) is 12.8. The van der Waals surface area contributed by atoms with Gasteiger partial charge < -0.3 is 5.32 Å². The van der Waals surface area contributed by atoms with Gasteiger partial charge in [-0.2, -0.15) is 9.47 Å². The fourth-order valence-electron chi connectivity index (χ4n) is 1.68. The molecule has 1 aromatic carbocycles. The van der Waals surface area contributed by atoms with Crippen molar-refractivity contribution in [3.05, 3.63) is 36.4 Å². The van der Waals surface area contributed by atoms with Gasteiger partial charge in [0.25, 0.3) is 0 Å². The highest BCUT2D eigenvalue weighted by atomic mass is 32.1. The summed E-state index contributed by atoms with van der Waals surface area (Å²) in [4.78, 5) is 4.13. The summed E-state index contributed by atoms with van der Waals surface area (Å²) < 4.78 is 4.39. The Balaban J connectivity index is 1.90. The van der Waals surface area contributed by atoms with Gasteiger partial charge in [-0.05, 0) is 30.6 Å². The molecule has 0 aliphatic heterocycles. The third kappa shape index (κ3) is 1.87. The van der Waals surface area contributed by atoms with Gasteiger partial charge in [-0.15, -0.1) is 0 Å². The summed E-state index contributed by atoms with van der Waals surface area (Å²) in [6.07, 6.45) is 1.51. The number of hydrogen-bond acceptors (Lipinski definition) is 5. The van der Waals surface area contributed by atoms with Crippen molar-refractivity contribution in [2.24, 2.45) is 0 Å². The van der Waals surface area contributed by atoms with E-state index in [0.717, 1.165) is 21.7 Å². The topological polar surface area (TPSA) is 66.5 Å². The number of hydrogen-bond donors (Lipinski definition) is 2. The zero-order valence-electron chi connectivity index (χ0n) is 9.21. The lowest BCUT2D eigenvalue weighted by Gasteiger charge is -2.10. The Morgan fingerprint density at radius 2 is 2.24 bits per heavy atom. The van der Waals surface area contributed by atoms with Crippen LogP contribution in [0.2, 0.25) is 0 Å². The zero-order chi connectivity index (χ0) is 11.7. The van der Waals surface area contributed by atoms with E-state index in [2.05, 4.69) is 30.9 Å². The Morgan fingerprint density at radius 1 is 1.35 bits per heavy atom. The van der Waals surface area contributed by atoms with Crippen LogP contribution in [0, 0.1) is 0 Å². The first-order valence-electron chi connectivity index (χ1n) is 5.31. The molecule has 0 amide bonds. The first-order chi connectivity index (χ1) is 8.34. The Morgan fingerprint density at radius 3 is 3.06 bits per heavy atom. The lowest BCUT2D eigenvalue weighted by molar-refractivity contribution is 0.799. The van der Waals surface area contributed by atoms with Crippen LogP contribution in [-0.2, 0) is 0 Å². The molecule has 2 N–H and O–H groups in total. The number of anilines is 1. The molecule has 0 aliphatic rings. The number of rotatable bonds is 3. The molecule has 2 aromatic heterocycles. The van der Waals surface area contributed by atoms with Crippen molar-refractivity contribution in [3.63, 3.8) is 0 Å². The van der Waals surface area contributed by atoms with Crippen LogP contribution >= 0.6 is 11.5 Å². The van der Waals surface area contributed by atoms with Crippen LogP contribution in [0.4, 0.5) is 5.00 Å². The highest BCUT2D eigenvalue weighted by Gasteiger charge is 2.11. The molecule has 2 heterocycles. The smallest absolute Gasteiger partial charge is 0.146 e. The minimum atomic E-state index is 0.0846. The molecule has 86 valence electrons. The van der Waals surface area contributed by atoms with Crippen LogP contribution < -0.4 is 5.32 Å². The first kappa shape index (κ1) is 10.2. The lowest BCUT2D eigenvalue weighted by Crippen LogP contribution is -2.07. The molecule has 1 unspecified atom stereocenters. The molecule has 5 nitrogen and oxygen atoms in total. The molecule has 0 aliphatic carbocycles. The molecule has 0 spiro atoms. The molecule has 0 fully saturated rings. The Hall–Kier alpha value is -1.95. The molecule has 0 saturated heterocycles. The van der Waals surface area contributed by atoms with E-state index in [0.29, 0.717) is 0 Å². The molecule has 3 aromatic rings. The summed E-state index contributed by atoms with van der Waals surface area (Å²) >= 11 is 1.47. The molecule has 0 bridgehead atoms. The van der Waals surface area contributed by atoms with Crippen molar-refractivity contribution in [2.45, 2.75) is 13.0 Å². The molecule has 17 heavy (non-hydrogen) atoms. The van der Waals surface area contributed by atoms with Crippen LogP contribution in [-0.4, -0.2) is 19.6 Å². The van der Waals surface area contributed by atoms with Crippen molar-refractivity contribution in [2.75, 3.05) is 5.32 Å². The van der Waals surface area contributed by atoms with E-state index in [4.69, 9.17) is 0 Å². The number of nitrogens with one attached hydrogen (secondary N) is 2. The molecule has 3 rings (SSSR count). The number of aromatic amines is 1. The Kier molecular flexibility index (Phi) is 2.49. The maximum atomic E-state index is 4.39. The van der Waals surface area contributed by atoms with Crippen molar-refractivity contribution in [1.29, 1.82) is 0 Å². The van der Waals surface area contributed by atoms with E-state index < -0.39 is 0 Å². The largest absolute Gasteiger partial charge is 0.365 e. The standard InChI is InChI=1S/C11H11N5S/c1-7(10-12-6-13-15-10)14-11-8-4-2-3-5-9(8)16-17-11/h2-7,14H,1H3,(H,12,13,15). The minimum absolute atomic E-state index is 0.0846. The number of H-pyrrole nitrogens is 1. The summed E-state index contributed by atoms with van der Waals surface area (Å²) in [7, 11) is 0. The monoisotopic (exact) mass is 245 g/mol. The van der Waals surface area contributed by atoms with Gasteiger partial charge in [-0.1, -0.05) is 12.1 Å². The molecule has 0 radical (unpaired) electrons. The minimum Gasteiger partial charge on any atom is -0.365 e. The van der Waals surface area contributed by atoms with Gasteiger partial charge in [0.15, 0.2) is 0 Å². The fourth-order valence-corrected chi connectivity index (χ4v) is 2.53. The highest BCUT2D eigenvalue weighted by Crippen LogP contribution is 2.29. The van der Waals surface area contributed by atoms with Crippen LogP contribution in [0.25, 0.3) is 10.9 Å². The van der Waals surface area contributed by atoms with Crippen LogP contribution in [0.3, 0.4) is 0 Å².